The number of pyridine rings is 1. The van der Waals surface area contributed by atoms with Gasteiger partial charge in [-0.25, -0.2) is 4.79 Å². The fourth-order valence-electron chi connectivity index (χ4n) is 1.28. The van der Waals surface area contributed by atoms with E-state index in [9.17, 15) is 4.79 Å². The first-order valence-corrected chi connectivity index (χ1v) is 5.15. The van der Waals surface area contributed by atoms with E-state index in [4.69, 9.17) is 14.6 Å². The lowest BCUT2D eigenvalue weighted by Gasteiger charge is -2.08. The van der Waals surface area contributed by atoms with Gasteiger partial charge >= 0.3 is 5.97 Å². The molecule has 0 spiro atoms. The van der Waals surface area contributed by atoms with Gasteiger partial charge in [0.2, 0.25) is 0 Å². The Hall–Kier alpha value is -1.62. The second-order valence-electron chi connectivity index (χ2n) is 3.75. The minimum absolute atomic E-state index is 0.0719. The number of hydrogen-bond acceptors (Lipinski definition) is 4. The Bertz CT molecular complexity index is 376. The van der Waals surface area contributed by atoms with E-state index in [0.717, 1.165) is 0 Å². The summed E-state index contributed by atoms with van der Waals surface area (Å²) in [5.74, 6) is -0.123. The van der Waals surface area contributed by atoms with Gasteiger partial charge in [-0.2, -0.15) is 0 Å². The molecule has 1 aliphatic rings. The molecule has 2 rings (SSSR count). The van der Waals surface area contributed by atoms with E-state index < -0.39 is 5.97 Å². The highest BCUT2D eigenvalue weighted by molar-refractivity contribution is 5.90. The van der Waals surface area contributed by atoms with Crippen LogP contribution in [0.1, 0.15) is 23.2 Å². The van der Waals surface area contributed by atoms with Crippen LogP contribution in [0.25, 0.3) is 0 Å². The van der Waals surface area contributed by atoms with Gasteiger partial charge in [0.25, 0.3) is 0 Å². The van der Waals surface area contributed by atoms with E-state index in [2.05, 4.69) is 4.98 Å². The van der Waals surface area contributed by atoms with Crippen LogP contribution >= 0.6 is 0 Å². The molecule has 0 atom stereocenters. The van der Waals surface area contributed by atoms with Crippen LogP contribution in [-0.2, 0) is 4.74 Å². The van der Waals surface area contributed by atoms with Gasteiger partial charge in [0.05, 0.1) is 12.8 Å². The summed E-state index contributed by atoms with van der Waals surface area (Å²) in [5.41, 5.74) is 0.102. The number of carbonyl (C=O) groups is 1. The van der Waals surface area contributed by atoms with E-state index >= 15 is 0 Å². The summed E-state index contributed by atoms with van der Waals surface area (Å²) < 4.78 is 10.5. The van der Waals surface area contributed by atoms with Gasteiger partial charge in [0, 0.05) is 6.20 Å². The van der Waals surface area contributed by atoms with Crippen LogP contribution < -0.4 is 4.74 Å². The number of carboxylic acids is 1. The van der Waals surface area contributed by atoms with Gasteiger partial charge < -0.3 is 14.6 Å². The third kappa shape index (κ3) is 2.93. The van der Waals surface area contributed by atoms with Crippen LogP contribution in [0, 0.1) is 5.92 Å². The lowest BCUT2D eigenvalue weighted by Crippen LogP contribution is -2.08. The average molecular weight is 223 g/mol. The molecule has 0 radical (unpaired) electrons. The van der Waals surface area contributed by atoms with E-state index in [1.54, 1.807) is 0 Å². The molecule has 1 aliphatic carbocycles. The maximum absolute atomic E-state index is 10.8. The standard InChI is InChI=1S/C11H13NO4/c13-11(14)9-3-4-12-5-10(9)16-7-15-6-8-1-2-8/h3-5,8H,1-2,6-7H2,(H,13,14). The van der Waals surface area contributed by atoms with Crippen molar-refractivity contribution in [3.8, 4) is 5.75 Å². The van der Waals surface area contributed by atoms with E-state index in [-0.39, 0.29) is 18.1 Å². The molecule has 1 fully saturated rings. The number of rotatable bonds is 6. The number of hydrogen-bond donors (Lipinski definition) is 1. The fraction of sp³-hybridized carbons (Fsp3) is 0.455. The summed E-state index contributed by atoms with van der Waals surface area (Å²) in [6, 6.07) is 1.40. The molecule has 1 heterocycles. The Balaban J connectivity index is 1.84. The molecular weight excluding hydrogens is 210 g/mol. The van der Waals surface area contributed by atoms with Gasteiger partial charge in [-0.1, -0.05) is 0 Å². The van der Waals surface area contributed by atoms with Crippen molar-refractivity contribution < 1.29 is 19.4 Å². The first-order valence-electron chi connectivity index (χ1n) is 5.15. The number of nitrogens with zero attached hydrogens (tertiary/aromatic N) is 1. The lowest BCUT2D eigenvalue weighted by atomic mass is 10.2. The molecule has 0 unspecified atom stereocenters. The normalized spacial score (nSPS) is 14.8. The second kappa shape index (κ2) is 4.94. The molecule has 0 aromatic carbocycles. The molecule has 16 heavy (non-hydrogen) atoms. The van der Waals surface area contributed by atoms with Gasteiger partial charge in [0.15, 0.2) is 12.5 Å². The highest BCUT2D eigenvalue weighted by Gasteiger charge is 2.21. The summed E-state index contributed by atoms with van der Waals surface area (Å²) in [7, 11) is 0. The highest BCUT2D eigenvalue weighted by atomic mass is 16.7. The third-order valence-corrected chi connectivity index (χ3v) is 2.36. The molecule has 1 aromatic rings. The van der Waals surface area contributed by atoms with E-state index in [0.29, 0.717) is 12.5 Å². The quantitative estimate of drug-likeness (QED) is 0.585. The zero-order valence-corrected chi connectivity index (χ0v) is 8.76. The summed E-state index contributed by atoms with van der Waals surface area (Å²) in [6.45, 7) is 0.755. The molecule has 1 aromatic heterocycles. The minimum Gasteiger partial charge on any atom is -0.478 e. The van der Waals surface area contributed by atoms with Crippen LogP contribution in [0.2, 0.25) is 0 Å². The molecule has 0 saturated heterocycles. The predicted octanol–water partition coefficient (Wildman–Crippen LogP) is 1.54. The lowest BCUT2D eigenvalue weighted by molar-refractivity contribution is 0.00899. The summed E-state index contributed by atoms with van der Waals surface area (Å²) in [4.78, 5) is 14.6. The maximum atomic E-state index is 10.8. The molecule has 5 heteroatoms. The van der Waals surface area contributed by atoms with Crippen LogP contribution in [0.3, 0.4) is 0 Å². The van der Waals surface area contributed by atoms with Crippen molar-refractivity contribution in [3.63, 3.8) is 0 Å². The zero-order chi connectivity index (χ0) is 11.4. The maximum Gasteiger partial charge on any atom is 0.339 e. The summed E-state index contributed by atoms with van der Waals surface area (Å²) in [6.07, 6.45) is 5.23. The monoisotopic (exact) mass is 223 g/mol. The smallest absolute Gasteiger partial charge is 0.339 e. The minimum atomic E-state index is -1.03. The third-order valence-electron chi connectivity index (χ3n) is 2.36. The van der Waals surface area contributed by atoms with Crippen molar-refractivity contribution in [2.75, 3.05) is 13.4 Å². The number of carboxylic acid groups (broad SMARTS) is 1. The zero-order valence-electron chi connectivity index (χ0n) is 8.76. The second-order valence-corrected chi connectivity index (χ2v) is 3.75. The number of aromatic nitrogens is 1. The molecule has 0 bridgehead atoms. The largest absolute Gasteiger partial charge is 0.478 e. The first-order chi connectivity index (χ1) is 7.77. The molecular formula is C11H13NO4. The van der Waals surface area contributed by atoms with Crippen LogP contribution in [-0.4, -0.2) is 29.5 Å². The molecule has 86 valence electrons. The Morgan fingerprint density at radius 3 is 3.06 bits per heavy atom. The molecule has 5 nitrogen and oxygen atoms in total. The van der Waals surface area contributed by atoms with Gasteiger partial charge in [0.1, 0.15) is 5.56 Å². The molecule has 0 amide bonds. The van der Waals surface area contributed by atoms with Crippen LogP contribution in [0.5, 0.6) is 5.75 Å². The Morgan fingerprint density at radius 1 is 1.56 bits per heavy atom. The Labute approximate surface area is 93.0 Å². The Kier molecular flexibility index (Phi) is 3.36. The first kappa shape index (κ1) is 10.9. The molecule has 1 saturated carbocycles. The fourth-order valence-corrected chi connectivity index (χ4v) is 1.28. The molecule has 0 aliphatic heterocycles. The Morgan fingerprint density at radius 2 is 2.38 bits per heavy atom. The van der Waals surface area contributed by atoms with Crippen LogP contribution in [0.15, 0.2) is 18.5 Å². The van der Waals surface area contributed by atoms with E-state index in [1.165, 1.54) is 31.3 Å². The van der Waals surface area contributed by atoms with Crippen molar-refractivity contribution in [1.82, 2.24) is 4.98 Å². The van der Waals surface area contributed by atoms with Crippen molar-refractivity contribution in [2.24, 2.45) is 5.92 Å². The summed E-state index contributed by atoms with van der Waals surface area (Å²) >= 11 is 0. The average Bonchev–Trinajstić information content (AvgIpc) is 3.08. The SMILES string of the molecule is O=C(O)c1ccncc1OCOCC1CC1. The van der Waals surface area contributed by atoms with Gasteiger partial charge in [-0.05, 0) is 24.8 Å². The van der Waals surface area contributed by atoms with Crippen molar-refractivity contribution in [2.45, 2.75) is 12.8 Å². The van der Waals surface area contributed by atoms with Crippen molar-refractivity contribution in [1.29, 1.82) is 0 Å². The number of aromatic carboxylic acids is 1. The van der Waals surface area contributed by atoms with Crippen molar-refractivity contribution >= 4 is 5.97 Å². The molecule has 1 N–H and O–H groups in total. The van der Waals surface area contributed by atoms with Crippen molar-refractivity contribution in [3.05, 3.63) is 24.0 Å². The highest BCUT2D eigenvalue weighted by Crippen LogP contribution is 2.28. The van der Waals surface area contributed by atoms with E-state index in [1.807, 2.05) is 0 Å². The van der Waals surface area contributed by atoms with Gasteiger partial charge in [-0.3, -0.25) is 4.98 Å². The topological polar surface area (TPSA) is 68.7 Å². The predicted molar refractivity (Wildman–Crippen MR) is 55.4 cm³/mol. The summed E-state index contributed by atoms with van der Waals surface area (Å²) in [5, 5.41) is 8.87. The van der Waals surface area contributed by atoms with Gasteiger partial charge in [-0.15, -0.1) is 0 Å². The van der Waals surface area contributed by atoms with Crippen LogP contribution in [0.4, 0.5) is 0 Å². The number of ether oxygens (including phenoxy) is 2.